The van der Waals surface area contributed by atoms with E-state index in [2.05, 4.69) is 171 Å². The van der Waals surface area contributed by atoms with Crippen LogP contribution in [-0.4, -0.2) is 4.57 Å². The van der Waals surface area contributed by atoms with Gasteiger partial charge in [-0.05, 0) is 74.7 Å². The number of rotatable bonds is 3. The Morgan fingerprint density at radius 2 is 1.02 bits per heavy atom. The van der Waals surface area contributed by atoms with Gasteiger partial charge in [0.05, 0.1) is 16.4 Å². The van der Waals surface area contributed by atoms with Crippen molar-refractivity contribution >= 4 is 21.8 Å². The number of aromatic nitrogens is 1. The highest BCUT2D eigenvalue weighted by molar-refractivity contribution is 6.09. The topological polar surface area (TPSA) is 4.93 Å². The molecule has 0 unspecified atom stereocenters. The predicted octanol–water partition coefficient (Wildman–Crippen LogP) is 10.4. The highest BCUT2D eigenvalue weighted by Gasteiger charge is 2.45. The van der Waals surface area contributed by atoms with Gasteiger partial charge in [-0.15, -0.1) is 0 Å². The van der Waals surface area contributed by atoms with E-state index < -0.39 is 0 Å². The van der Waals surface area contributed by atoms with Crippen LogP contribution in [0.15, 0.2) is 146 Å². The van der Waals surface area contributed by atoms with Crippen molar-refractivity contribution in [3.8, 4) is 16.8 Å². The Balaban J connectivity index is 1.37. The summed E-state index contributed by atoms with van der Waals surface area (Å²) in [6, 6.07) is 54.0. The van der Waals surface area contributed by atoms with Crippen molar-refractivity contribution in [1.29, 1.82) is 0 Å². The fraction of sp³-hybridized carbons (Fsp3) is 0.122. The lowest BCUT2D eigenvalue weighted by Crippen LogP contribution is -2.28. The van der Waals surface area contributed by atoms with Gasteiger partial charge in [-0.3, -0.25) is 0 Å². The number of benzene rings is 6. The number of fused-ring (bicyclic) bond motifs is 6. The summed E-state index contributed by atoms with van der Waals surface area (Å²) in [5.74, 6) is 0. The van der Waals surface area contributed by atoms with E-state index in [4.69, 9.17) is 0 Å². The van der Waals surface area contributed by atoms with Crippen LogP contribution in [0.1, 0.15) is 48.6 Å². The number of hydrogen-bond acceptors (Lipinski definition) is 0. The monoisotopic (exact) mass is 539 g/mol. The molecule has 0 amide bonds. The molecular formula is C41H33N. The average Bonchev–Trinajstić information content (AvgIpc) is 3.52. The van der Waals surface area contributed by atoms with Crippen LogP contribution in [0.3, 0.4) is 0 Å². The summed E-state index contributed by atoms with van der Waals surface area (Å²) in [7, 11) is 0. The molecule has 1 aliphatic carbocycles. The minimum absolute atomic E-state index is 0.0959. The lowest BCUT2D eigenvalue weighted by atomic mass is 9.68. The quantitative estimate of drug-likeness (QED) is 0.210. The number of hydrogen-bond donors (Lipinski definition) is 0. The first-order valence-corrected chi connectivity index (χ1v) is 14.9. The third kappa shape index (κ3) is 3.43. The molecule has 1 nitrogen and oxygen atoms in total. The SMILES string of the molecule is CC(C)(C)c1ccc2c(c1)c1ccccc1n2-c1ccc(C2(c3ccccc3)c3ccccc3-c3ccccc32)cc1. The van der Waals surface area contributed by atoms with Gasteiger partial charge in [-0.1, -0.05) is 136 Å². The molecule has 0 bridgehead atoms. The van der Waals surface area contributed by atoms with Gasteiger partial charge in [0.2, 0.25) is 0 Å². The van der Waals surface area contributed by atoms with Crippen molar-refractivity contribution in [2.45, 2.75) is 31.6 Å². The molecule has 42 heavy (non-hydrogen) atoms. The van der Waals surface area contributed by atoms with Crippen LogP contribution in [0.2, 0.25) is 0 Å². The lowest BCUT2D eigenvalue weighted by molar-refractivity contribution is 0.591. The van der Waals surface area contributed by atoms with Gasteiger partial charge >= 0.3 is 0 Å². The maximum Gasteiger partial charge on any atom is 0.0713 e. The summed E-state index contributed by atoms with van der Waals surface area (Å²) in [6.07, 6.45) is 0. The molecule has 0 radical (unpaired) electrons. The Hall–Kier alpha value is -4.88. The number of nitrogens with zero attached hydrogens (tertiary/aromatic N) is 1. The fourth-order valence-corrected chi connectivity index (χ4v) is 7.29. The molecule has 202 valence electrons. The summed E-state index contributed by atoms with van der Waals surface area (Å²) < 4.78 is 2.42. The summed E-state index contributed by atoms with van der Waals surface area (Å²) in [5, 5.41) is 2.60. The van der Waals surface area contributed by atoms with Gasteiger partial charge in [-0.25, -0.2) is 0 Å². The summed E-state index contributed by atoms with van der Waals surface area (Å²) in [4.78, 5) is 0. The molecule has 8 rings (SSSR count). The van der Waals surface area contributed by atoms with Crippen molar-refractivity contribution in [1.82, 2.24) is 4.57 Å². The molecule has 0 atom stereocenters. The zero-order valence-electron chi connectivity index (χ0n) is 24.3. The van der Waals surface area contributed by atoms with Gasteiger partial charge in [-0.2, -0.15) is 0 Å². The molecule has 0 fully saturated rings. The zero-order chi connectivity index (χ0) is 28.5. The van der Waals surface area contributed by atoms with Crippen LogP contribution in [0.4, 0.5) is 0 Å². The van der Waals surface area contributed by atoms with E-state index in [1.807, 2.05) is 0 Å². The van der Waals surface area contributed by atoms with Gasteiger partial charge in [0.25, 0.3) is 0 Å². The first kappa shape index (κ1) is 24.9. The highest BCUT2D eigenvalue weighted by atomic mass is 15.0. The molecule has 0 N–H and O–H groups in total. The second-order valence-electron chi connectivity index (χ2n) is 12.6. The molecule has 6 aromatic carbocycles. The van der Waals surface area contributed by atoms with Crippen molar-refractivity contribution in [3.05, 3.63) is 173 Å². The fourth-order valence-electron chi connectivity index (χ4n) is 7.29. The van der Waals surface area contributed by atoms with E-state index >= 15 is 0 Å². The van der Waals surface area contributed by atoms with E-state index in [9.17, 15) is 0 Å². The minimum atomic E-state index is -0.380. The molecule has 1 heterocycles. The molecule has 0 saturated heterocycles. The number of para-hydroxylation sites is 1. The Labute approximate surface area is 247 Å². The molecule has 0 aliphatic heterocycles. The Morgan fingerprint density at radius 3 is 1.69 bits per heavy atom. The van der Waals surface area contributed by atoms with Gasteiger partial charge in [0, 0.05) is 16.5 Å². The van der Waals surface area contributed by atoms with Crippen LogP contribution < -0.4 is 0 Å². The minimum Gasteiger partial charge on any atom is -0.309 e. The summed E-state index contributed by atoms with van der Waals surface area (Å²) >= 11 is 0. The predicted molar refractivity (Wildman–Crippen MR) is 177 cm³/mol. The standard InChI is InChI=1S/C41H33N/c1-40(2,3)30-23-26-39-35(27-30)34-17-9-12-20-38(34)42(39)31-24-21-29(22-25-31)41(28-13-5-4-6-14-28)36-18-10-7-15-32(36)33-16-8-11-19-37(33)41/h4-27H,1-3H3. The Bertz CT molecular complexity index is 2060. The molecular weight excluding hydrogens is 506 g/mol. The Kier molecular flexibility index (Phi) is 5.37. The van der Waals surface area contributed by atoms with E-state index in [1.54, 1.807) is 0 Å². The highest BCUT2D eigenvalue weighted by Crippen LogP contribution is 2.56. The molecule has 0 spiro atoms. The van der Waals surface area contributed by atoms with E-state index in [-0.39, 0.29) is 10.8 Å². The largest absolute Gasteiger partial charge is 0.309 e. The van der Waals surface area contributed by atoms with Crippen LogP contribution in [0.25, 0.3) is 38.6 Å². The van der Waals surface area contributed by atoms with Crippen molar-refractivity contribution in [2.75, 3.05) is 0 Å². The maximum absolute atomic E-state index is 2.42. The summed E-state index contributed by atoms with van der Waals surface area (Å²) in [6.45, 7) is 6.86. The second kappa shape index (κ2) is 9.06. The molecule has 1 aliphatic rings. The van der Waals surface area contributed by atoms with Crippen LogP contribution in [-0.2, 0) is 10.8 Å². The summed E-state index contributed by atoms with van der Waals surface area (Å²) in [5.41, 5.74) is 12.6. The normalized spacial score (nSPS) is 13.8. The molecule has 0 saturated carbocycles. The second-order valence-corrected chi connectivity index (χ2v) is 12.6. The van der Waals surface area contributed by atoms with Gasteiger partial charge < -0.3 is 4.57 Å². The lowest BCUT2D eigenvalue weighted by Gasteiger charge is -2.34. The Morgan fingerprint density at radius 1 is 0.476 bits per heavy atom. The zero-order valence-corrected chi connectivity index (χ0v) is 24.3. The molecule has 7 aromatic rings. The van der Waals surface area contributed by atoms with Crippen molar-refractivity contribution in [2.24, 2.45) is 0 Å². The first-order valence-electron chi connectivity index (χ1n) is 14.9. The van der Waals surface area contributed by atoms with Crippen LogP contribution in [0, 0.1) is 0 Å². The smallest absolute Gasteiger partial charge is 0.0713 e. The van der Waals surface area contributed by atoms with Crippen LogP contribution in [0.5, 0.6) is 0 Å². The maximum atomic E-state index is 2.42. The van der Waals surface area contributed by atoms with E-state index in [1.165, 1.54) is 66.4 Å². The third-order valence-corrected chi connectivity index (χ3v) is 9.26. The van der Waals surface area contributed by atoms with Crippen molar-refractivity contribution in [3.63, 3.8) is 0 Å². The average molecular weight is 540 g/mol. The van der Waals surface area contributed by atoms with E-state index in [0.717, 1.165) is 0 Å². The first-order chi connectivity index (χ1) is 20.5. The van der Waals surface area contributed by atoms with Crippen molar-refractivity contribution < 1.29 is 0 Å². The molecule has 1 heteroatoms. The van der Waals surface area contributed by atoms with Gasteiger partial charge in [0.15, 0.2) is 0 Å². The van der Waals surface area contributed by atoms with E-state index in [0.29, 0.717) is 0 Å². The third-order valence-electron chi connectivity index (χ3n) is 9.26. The molecule has 1 aromatic heterocycles. The van der Waals surface area contributed by atoms with Crippen LogP contribution >= 0.6 is 0 Å². The van der Waals surface area contributed by atoms with Gasteiger partial charge in [0.1, 0.15) is 0 Å².